The number of pyridine rings is 1. The molecule has 0 saturated heterocycles. The molecule has 0 radical (unpaired) electrons. The third-order valence-electron chi connectivity index (χ3n) is 6.74. The van der Waals surface area contributed by atoms with E-state index in [1.165, 1.54) is 32.1 Å². The van der Waals surface area contributed by atoms with Crippen LogP contribution in [0.25, 0.3) is 11.4 Å². The number of aliphatic hydroxyl groups is 2. The first-order valence-corrected chi connectivity index (χ1v) is 11.0. The van der Waals surface area contributed by atoms with E-state index in [1.807, 2.05) is 18.2 Å². The number of hydrogen-bond donors (Lipinski definition) is 3. The monoisotopic (exact) mass is 396 g/mol. The molecule has 4 atom stereocenters. The van der Waals surface area contributed by atoms with Crippen molar-refractivity contribution in [3.8, 4) is 11.4 Å². The van der Waals surface area contributed by atoms with E-state index in [4.69, 9.17) is 4.98 Å². The normalized spacial score (nSPS) is 27.9. The van der Waals surface area contributed by atoms with Gasteiger partial charge in [-0.1, -0.05) is 19.3 Å². The smallest absolute Gasteiger partial charge is 0.160 e. The molecule has 2 aliphatic carbocycles. The van der Waals surface area contributed by atoms with Crippen LogP contribution in [0.4, 0.5) is 0 Å². The van der Waals surface area contributed by atoms with Gasteiger partial charge in [0, 0.05) is 48.4 Å². The number of hydrogen-bond acceptors (Lipinski definition) is 6. The van der Waals surface area contributed by atoms with Crippen molar-refractivity contribution < 1.29 is 10.2 Å². The van der Waals surface area contributed by atoms with Crippen LogP contribution in [0.1, 0.15) is 44.2 Å². The zero-order valence-electron chi connectivity index (χ0n) is 17.0. The van der Waals surface area contributed by atoms with Crippen molar-refractivity contribution in [2.45, 2.75) is 57.1 Å². The van der Waals surface area contributed by atoms with Gasteiger partial charge in [0.25, 0.3) is 0 Å². The van der Waals surface area contributed by atoms with Crippen molar-refractivity contribution in [3.63, 3.8) is 0 Å². The second-order valence-electron chi connectivity index (χ2n) is 8.65. The van der Waals surface area contributed by atoms with Gasteiger partial charge in [0.1, 0.15) is 0 Å². The average molecular weight is 397 g/mol. The molecule has 2 aromatic rings. The van der Waals surface area contributed by atoms with Crippen molar-refractivity contribution in [2.24, 2.45) is 17.8 Å². The Morgan fingerprint density at radius 3 is 2.69 bits per heavy atom. The van der Waals surface area contributed by atoms with Crippen molar-refractivity contribution in [3.05, 3.63) is 42.5 Å². The molecule has 0 spiro atoms. The third kappa shape index (κ3) is 5.00. The first-order chi connectivity index (χ1) is 14.2. The van der Waals surface area contributed by atoms with Gasteiger partial charge in [0.15, 0.2) is 5.82 Å². The summed E-state index contributed by atoms with van der Waals surface area (Å²) in [7, 11) is 0. The molecular weight excluding hydrogens is 364 g/mol. The molecule has 6 nitrogen and oxygen atoms in total. The van der Waals surface area contributed by atoms with Crippen LogP contribution < -0.4 is 5.32 Å². The fourth-order valence-corrected chi connectivity index (χ4v) is 5.07. The molecule has 2 aromatic heterocycles. The molecule has 0 bridgehead atoms. The SMILES string of the molecule is OC[C@@H]1[C@@H](Cc2ccnc(-c3cccnc3)n2)[C@H](NCC2CCCCC2)C[C@H]1O. The zero-order chi connectivity index (χ0) is 20.1. The summed E-state index contributed by atoms with van der Waals surface area (Å²) in [4.78, 5) is 13.3. The first kappa shape index (κ1) is 20.4. The van der Waals surface area contributed by atoms with Crippen LogP contribution in [0.3, 0.4) is 0 Å². The lowest BCUT2D eigenvalue weighted by atomic mass is 9.87. The van der Waals surface area contributed by atoms with E-state index in [0.29, 0.717) is 12.2 Å². The molecule has 2 fully saturated rings. The molecular formula is C23H32N4O2. The van der Waals surface area contributed by atoms with E-state index in [9.17, 15) is 10.2 Å². The summed E-state index contributed by atoms with van der Waals surface area (Å²) in [6.45, 7) is 1.02. The van der Waals surface area contributed by atoms with E-state index in [0.717, 1.165) is 30.1 Å². The van der Waals surface area contributed by atoms with E-state index >= 15 is 0 Å². The molecule has 2 heterocycles. The fourth-order valence-electron chi connectivity index (χ4n) is 5.07. The lowest BCUT2D eigenvalue weighted by Crippen LogP contribution is -2.39. The molecule has 156 valence electrons. The Labute approximate surface area is 172 Å². The van der Waals surface area contributed by atoms with Crippen LogP contribution in [0.2, 0.25) is 0 Å². The summed E-state index contributed by atoms with van der Waals surface area (Å²) in [5.74, 6) is 1.46. The van der Waals surface area contributed by atoms with E-state index < -0.39 is 6.10 Å². The summed E-state index contributed by atoms with van der Waals surface area (Å²) >= 11 is 0. The second-order valence-corrected chi connectivity index (χ2v) is 8.65. The largest absolute Gasteiger partial charge is 0.396 e. The van der Waals surface area contributed by atoms with Crippen molar-refractivity contribution in [1.29, 1.82) is 0 Å². The molecule has 0 unspecified atom stereocenters. The van der Waals surface area contributed by atoms with Crippen LogP contribution in [0.15, 0.2) is 36.8 Å². The maximum atomic E-state index is 10.5. The van der Waals surface area contributed by atoms with Gasteiger partial charge < -0.3 is 15.5 Å². The minimum Gasteiger partial charge on any atom is -0.396 e. The van der Waals surface area contributed by atoms with Gasteiger partial charge in [-0.3, -0.25) is 4.98 Å². The first-order valence-electron chi connectivity index (χ1n) is 11.0. The predicted octanol–water partition coefficient (Wildman–Crippen LogP) is 2.61. The van der Waals surface area contributed by atoms with Gasteiger partial charge in [0.2, 0.25) is 0 Å². The van der Waals surface area contributed by atoms with Gasteiger partial charge in [-0.25, -0.2) is 9.97 Å². The molecule has 0 amide bonds. The van der Waals surface area contributed by atoms with Crippen LogP contribution in [-0.2, 0) is 6.42 Å². The van der Waals surface area contributed by atoms with Crippen LogP contribution in [0.5, 0.6) is 0 Å². The van der Waals surface area contributed by atoms with Crippen LogP contribution in [0, 0.1) is 17.8 Å². The van der Waals surface area contributed by atoms with Gasteiger partial charge in [-0.05, 0) is 62.3 Å². The summed E-state index contributed by atoms with van der Waals surface area (Å²) in [6.07, 6.45) is 12.9. The summed E-state index contributed by atoms with van der Waals surface area (Å²) in [5, 5.41) is 24.2. The van der Waals surface area contributed by atoms with Crippen LogP contribution in [-0.4, -0.2) is 50.5 Å². The van der Waals surface area contributed by atoms with Crippen molar-refractivity contribution in [1.82, 2.24) is 20.3 Å². The Balaban J connectivity index is 1.46. The second kappa shape index (κ2) is 9.74. The minimum absolute atomic E-state index is 0.00792. The highest BCUT2D eigenvalue weighted by Crippen LogP contribution is 2.35. The standard InChI is InChI=1S/C23H32N4O2/c28-15-20-19(21(12-22(20)29)26-13-16-5-2-1-3-6-16)11-18-8-10-25-23(27-18)17-7-4-9-24-14-17/h4,7-10,14,16,19-22,26,28-29H,1-3,5-6,11-13,15H2/t19-,20-,21-,22-/m1/s1. The molecule has 0 aliphatic heterocycles. The Bertz CT molecular complexity index is 766. The lowest BCUT2D eigenvalue weighted by Gasteiger charge is -2.28. The third-order valence-corrected chi connectivity index (χ3v) is 6.74. The average Bonchev–Trinajstić information content (AvgIpc) is 3.07. The van der Waals surface area contributed by atoms with Gasteiger partial charge >= 0.3 is 0 Å². The molecule has 6 heteroatoms. The van der Waals surface area contributed by atoms with Crippen molar-refractivity contribution >= 4 is 0 Å². The number of nitrogens with zero attached hydrogens (tertiary/aromatic N) is 3. The summed E-state index contributed by atoms with van der Waals surface area (Å²) in [6, 6.07) is 5.99. The number of aliphatic hydroxyl groups excluding tert-OH is 2. The molecule has 2 aliphatic rings. The molecule has 2 saturated carbocycles. The Morgan fingerprint density at radius 1 is 1.07 bits per heavy atom. The molecule has 3 N–H and O–H groups in total. The highest BCUT2D eigenvalue weighted by atomic mass is 16.3. The zero-order valence-corrected chi connectivity index (χ0v) is 17.0. The number of rotatable bonds is 7. The van der Waals surface area contributed by atoms with E-state index in [-0.39, 0.29) is 24.5 Å². The Kier molecular flexibility index (Phi) is 6.85. The highest BCUT2D eigenvalue weighted by molar-refractivity contribution is 5.52. The molecule has 29 heavy (non-hydrogen) atoms. The van der Waals surface area contributed by atoms with E-state index in [1.54, 1.807) is 18.6 Å². The minimum atomic E-state index is -0.464. The van der Waals surface area contributed by atoms with Gasteiger partial charge in [0.05, 0.1) is 6.10 Å². The maximum absolute atomic E-state index is 10.5. The van der Waals surface area contributed by atoms with Crippen LogP contribution >= 0.6 is 0 Å². The summed E-state index contributed by atoms with van der Waals surface area (Å²) < 4.78 is 0. The highest BCUT2D eigenvalue weighted by Gasteiger charge is 2.42. The lowest BCUT2D eigenvalue weighted by molar-refractivity contribution is 0.0716. The summed E-state index contributed by atoms with van der Waals surface area (Å²) in [5.41, 5.74) is 1.84. The molecule has 4 rings (SSSR count). The van der Waals surface area contributed by atoms with Crippen molar-refractivity contribution in [2.75, 3.05) is 13.2 Å². The maximum Gasteiger partial charge on any atom is 0.160 e. The Hall–Kier alpha value is -1.89. The quantitative estimate of drug-likeness (QED) is 0.666. The topological polar surface area (TPSA) is 91.2 Å². The number of aromatic nitrogens is 3. The van der Waals surface area contributed by atoms with Gasteiger partial charge in [-0.2, -0.15) is 0 Å². The van der Waals surface area contributed by atoms with E-state index in [2.05, 4.69) is 15.3 Å². The number of nitrogens with one attached hydrogen (secondary N) is 1. The predicted molar refractivity (Wildman–Crippen MR) is 112 cm³/mol. The van der Waals surface area contributed by atoms with Gasteiger partial charge in [-0.15, -0.1) is 0 Å². The Morgan fingerprint density at radius 2 is 1.93 bits per heavy atom. The fraction of sp³-hybridized carbons (Fsp3) is 0.609. The molecule has 0 aromatic carbocycles.